The lowest BCUT2D eigenvalue weighted by Crippen LogP contribution is -2.23. The van der Waals surface area contributed by atoms with Gasteiger partial charge in [-0.2, -0.15) is 0 Å². The molecule has 3 N–H and O–H groups in total. The van der Waals surface area contributed by atoms with Gasteiger partial charge in [0.25, 0.3) is 5.91 Å². The molecule has 1 saturated carbocycles. The smallest absolute Gasteiger partial charge is 0.268 e. The lowest BCUT2D eigenvalue weighted by Gasteiger charge is -2.35. The number of nitrogens with one attached hydrogen (secondary N) is 1. The number of fused-ring (bicyclic) bond motifs is 1. The molecule has 5 nitrogen and oxygen atoms in total. The van der Waals surface area contributed by atoms with E-state index in [1.54, 1.807) is 12.1 Å². The van der Waals surface area contributed by atoms with Gasteiger partial charge in [-0.1, -0.05) is 20.3 Å². The summed E-state index contributed by atoms with van der Waals surface area (Å²) in [7, 11) is 0. The summed E-state index contributed by atoms with van der Waals surface area (Å²) < 4.78 is 0. The van der Waals surface area contributed by atoms with Gasteiger partial charge in [0, 0.05) is 18.0 Å². The van der Waals surface area contributed by atoms with Crippen molar-refractivity contribution in [1.29, 1.82) is 0 Å². The number of nitrogens with zero attached hydrogens (tertiary/aromatic N) is 1. The number of carbonyl (C=O) groups excluding carboxylic acids is 1. The van der Waals surface area contributed by atoms with Crippen LogP contribution in [0.5, 0.6) is 0 Å². The maximum atomic E-state index is 12.5. The zero-order valence-electron chi connectivity index (χ0n) is 13.0. The maximum absolute atomic E-state index is 12.5. The van der Waals surface area contributed by atoms with Crippen LogP contribution in [0.15, 0.2) is 23.1 Å². The molecule has 0 bridgehead atoms. The zero-order valence-corrected chi connectivity index (χ0v) is 13.0. The zero-order chi connectivity index (χ0) is 15.9. The molecule has 1 aliphatic rings. The van der Waals surface area contributed by atoms with Gasteiger partial charge in [0.15, 0.2) is 5.43 Å². The highest BCUT2D eigenvalue weighted by atomic mass is 16.1. The van der Waals surface area contributed by atoms with Gasteiger partial charge in [-0.25, -0.2) is 0 Å². The molecule has 22 heavy (non-hydrogen) atoms. The SMILES string of the molecule is CC1(C)CCC[C@H](c2cc(=O)c3c(C(N)=O)nccc3[nH]2)C1. The molecule has 0 aromatic carbocycles. The van der Waals surface area contributed by atoms with Crippen molar-refractivity contribution in [3.05, 3.63) is 39.9 Å². The molecule has 1 atom stereocenters. The van der Waals surface area contributed by atoms with E-state index in [1.165, 1.54) is 19.0 Å². The first kappa shape index (κ1) is 14.8. The first-order chi connectivity index (χ1) is 10.4. The number of amides is 1. The molecule has 0 aliphatic heterocycles. The van der Waals surface area contributed by atoms with E-state index in [4.69, 9.17) is 5.73 Å². The van der Waals surface area contributed by atoms with Crippen molar-refractivity contribution in [2.45, 2.75) is 45.4 Å². The molecular formula is C17H21N3O2. The van der Waals surface area contributed by atoms with E-state index in [2.05, 4.69) is 23.8 Å². The molecule has 0 unspecified atom stereocenters. The minimum absolute atomic E-state index is 0.0364. The van der Waals surface area contributed by atoms with Gasteiger partial charge in [0.05, 0.1) is 10.9 Å². The third kappa shape index (κ3) is 2.63. The summed E-state index contributed by atoms with van der Waals surface area (Å²) in [5.74, 6) is -0.325. The molecule has 2 aromatic heterocycles. The number of aromatic amines is 1. The van der Waals surface area contributed by atoms with E-state index in [9.17, 15) is 9.59 Å². The average Bonchev–Trinajstić information content (AvgIpc) is 2.45. The summed E-state index contributed by atoms with van der Waals surface area (Å²) in [6, 6.07) is 3.34. The van der Waals surface area contributed by atoms with Crippen LogP contribution in [0, 0.1) is 5.41 Å². The monoisotopic (exact) mass is 299 g/mol. The van der Waals surface area contributed by atoms with Crippen molar-refractivity contribution < 1.29 is 4.79 Å². The predicted molar refractivity (Wildman–Crippen MR) is 85.9 cm³/mol. The van der Waals surface area contributed by atoms with Gasteiger partial charge in [-0.05, 0) is 36.7 Å². The molecule has 1 fully saturated rings. The van der Waals surface area contributed by atoms with E-state index in [1.807, 2.05) is 0 Å². The third-order valence-electron chi connectivity index (χ3n) is 4.64. The van der Waals surface area contributed by atoms with Crippen LogP contribution in [0.1, 0.15) is 61.6 Å². The number of aromatic nitrogens is 2. The Kier molecular flexibility index (Phi) is 3.51. The van der Waals surface area contributed by atoms with Crippen LogP contribution >= 0.6 is 0 Å². The highest BCUT2D eigenvalue weighted by Gasteiger charge is 2.29. The summed E-state index contributed by atoms with van der Waals surface area (Å²) in [4.78, 5) is 31.2. The minimum atomic E-state index is -0.678. The minimum Gasteiger partial charge on any atom is -0.364 e. The number of rotatable bonds is 2. The van der Waals surface area contributed by atoms with Gasteiger partial charge in [0.1, 0.15) is 5.69 Å². The second-order valence-corrected chi connectivity index (χ2v) is 6.99. The predicted octanol–water partition coefficient (Wildman–Crippen LogP) is 2.71. The highest BCUT2D eigenvalue weighted by molar-refractivity contribution is 6.03. The number of hydrogen-bond donors (Lipinski definition) is 2. The molecule has 116 valence electrons. The van der Waals surface area contributed by atoms with E-state index in [0.29, 0.717) is 16.8 Å². The van der Waals surface area contributed by atoms with E-state index in [-0.39, 0.29) is 16.5 Å². The Morgan fingerprint density at radius 1 is 1.45 bits per heavy atom. The van der Waals surface area contributed by atoms with Gasteiger partial charge < -0.3 is 10.7 Å². The van der Waals surface area contributed by atoms with Crippen molar-refractivity contribution in [2.75, 3.05) is 0 Å². The number of carbonyl (C=O) groups is 1. The van der Waals surface area contributed by atoms with Gasteiger partial charge in [0.2, 0.25) is 0 Å². The number of nitrogens with two attached hydrogens (primary N) is 1. The number of hydrogen-bond acceptors (Lipinski definition) is 3. The van der Waals surface area contributed by atoms with Crippen LogP contribution < -0.4 is 11.2 Å². The topological polar surface area (TPSA) is 88.8 Å². The maximum Gasteiger partial charge on any atom is 0.268 e. The van der Waals surface area contributed by atoms with E-state index < -0.39 is 5.91 Å². The summed E-state index contributed by atoms with van der Waals surface area (Å²) >= 11 is 0. The van der Waals surface area contributed by atoms with E-state index >= 15 is 0 Å². The van der Waals surface area contributed by atoms with Crippen LogP contribution in [-0.4, -0.2) is 15.9 Å². The highest BCUT2D eigenvalue weighted by Crippen LogP contribution is 2.42. The Balaban J connectivity index is 2.11. The third-order valence-corrected chi connectivity index (χ3v) is 4.64. The fourth-order valence-electron chi connectivity index (χ4n) is 3.59. The van der Waals surface area contributed by atoms with Gasteiger partial charge in [-0.3, -0.25) is 14.6 Å². The molecule has 1 amide bonds. The van der Waals surface area contributed by atoms with Crippen molar-refractivity contribution in [1.82, 2.24) is 9.97 Å². The Labute approximate surface area is 128 Å². The Bertz CT molecular complexity index is 792. The molecule has 0 spiro atoms. The molecule has 1 aliphatic carbocycles. The molecular weight excluding hydrogens is 278 g/mol. The van der Waals surface area contributed by atoms with Crippen LogP contribution in [0.4, 0.5) is 0 Å². The summed E-state index contributed by atoms with van der Waals surface area (Å²) in [6.07, 6.45) is 6.03. The molecule has 0 saturated heterocycles. The molecule has 5 heteroatoms. The largest absolute Gasteiger partial charge is 0.364 e. The van der Waals surface area contributed by atoms with Crippen molar-refractivity contribution >= 4 is 16.8 Å². The van der Waals surface area contributed by atoms with E-state index in [0.717, 1.165) is 18.5 Å². The number of pyridine rings is 2. The average molecular weight is 299 g/mol. The Hall–Kier alpha value is -2.17. The van der Waals surface area contributed by atoms with Gasteiger partial charge in [-0.15, -0.1) is 0 Å². The molecule has 0 radical (unpaired) electrons. The molecule has 3 rings (SSSR count). The van der Waals surface area contributed by atoms with Crippen molar-refractivity contribution in [3.63, 3.8) is 0 Å². The molecule has 2 aromatic rings. The van der Waals surface area contributed by atoms with Crippen molar-refractivity contribution in [2.24, 2.45) is 11.1 Å². The van der Waals surface area contributed by atoms with Crippen LogP contribution in [0.25, 0.3) is 10.9 Å². The quantitative estimate of drug-likeness (QED) is 0.893. The summed E-state index contributed by atoms with van der Waals surface area (Å²) in [5.41, 5.74) is 7.04. The first-order valence-corrected chi connectivity index (χ1v) is 7.69. The lowest BCUT2D eigenvalue weighted by molar-refractivity contribution is 0.0997. The summed E-state index contributed by atoms with van der Waals surface area (Å²) in [5, 5.41) is 0.286. The Morgan fingerprint density at radius 3 is 2.91 bits per heavy atom. The summed E-state index contributed by atoms with van der Waals surface area (Å²) in [6.45, 7) is 4.54. The van der Waals surface area contributed by atoms with Crippen LogP contribution in [0.2, 0.25) is 0 Å². The second-order valence-electron chi connectivity index (χ2n) is 6.99. The normalized spacial score (nSPS) is 20.9. The standard InChI is InChI=1S/C17H21N3O2/c1-17(2)6-3-4-10(9-17)12-8-13(21)14-11(20-12)5-7-19-15(14)16(18)22/h5,7-8,10H,3-4,6,9H2,1-2H3,(H2,18,22)(H,20,21)/t10-/m0/s1. The van der Waals surface area contributed by atoms with Crippen molar-refractivity contribution in [3.8, 4) is 0 Å². The number of H-pyrrole nitrogens is 1. The fourth-order valence-corrected chi connectivity index (χ4v) is 3.59. The fraction of sp³-hybridized carbons (Fsp3) is 0.471. The number of primary amides is 1. The molecule has 2 heterocycles. The first-order valence-electron chi connectivity index (χ1n) is 7.69. The van der Waals surface area contributed by atoms with Gasteiger partial charge >= 0.3 is 0 Å². The van der Waals surface area contributed by atoms with Crippen LogP contribution in [-0.2, 0) is 0 Å². The lowest BCUT2D eigenvalue weighted by atomic mass is 9.71. The van der Waals surface area contributed by atoms with Crippen LogP contribution in [0.3, 0.4) is 0 Å². The Morgan fingerprint density at radius 2 is 2.23 bits per heavy atom. The second kappa shape index (κ2) is 5.23.